The smallest absolute Gasteiger partial charge is 0.251 e. The van der Waals surface area contributed by atoms with Crippen molar-refractivity contribution in [3.63, 3.8) is 0 Å². The zero-order chi connectivity index (χ0) is 33.0. The Balaban J connectivity index is 1.27. The van der Waals surface area contributed by atoms with Crippen molar-refractivity contribution in [2.45, 2.75) is 51.5 Å². The average Bonchev–Trinajstić information content (AvgIpc) is 3.54. The van der Waals surface area contributed by atoms with Crippen molar-refractivity contribution in [2.24, 2.45) is 5.92 Å². The Hall–Kier alpha value is -4.21. The number of amides is 1. The summed E-state index contributed by atoms with van der Waals surface area (Å²) in [4.78, 5) is 20.7. The number of carbonyl (C=O) groups is 1. The first-order chi connectivity index (χ1) is 22.9. The minimum atomic E-state index is -1.14. The number of rotatable bonds is 16. The summed E-state index contributed by atoms with van der Waals surface area (Å²) < 4.78 is 26.2. The molecule has 1 amide bonds. The number of unbranched alkanes of at least 4 members (excludes halogenated alkanes) is 1. The number of benzene rings is 3. The van der Waals surface area contributed by atoms with Crippen LogP contribution in [-0.2, 0) is 26.9 Å². The third kappa shape index (κ3) is 9.89. The standard InChI is InChI=1S/C38H46N4O4S/c1-4-5-21-45-22-23-46-35-11-6-30(7-12-35)31-8-15-37-33(25-31)26-32(16-18-42(37)27-29(2)3)38(43)40-34-9-13-36(14-10-34)47(44)24-20-41-19-17-39-28-41/h6-15,17,19,25-26,28-29H,4-5,16,18,20-24,27H2,1-3H3,(H,40,43). The Bertz CT molecular complexity index is 1630. The lowest BCUT2D eigenvalue weighted by Gasteiger charge is -2.27. The number of nitrogens with one attached hydrogen (secondary N) is 1. The fourth-order valence-corrected chi connectivity index (χ4v) is 6.57. The molecule has 0 saturated carbocycles. The number of anilines is 2. The van der Waals surface area contributed by atoms with Crippen molar-refractivity contribution in [2.75, 3.05) is 48.9 Å². The Morgan fingerprint density at radius 1 is 1.00 bits per heavy atom. The summed E-state index contributed by atoms with van der Waals surface area (Å²) in [6.07, 6.45) is 10.2. The highest BCUT2D eigenvalue weighted by Crippen LogP contribution is 2.34. The van der Waals surface area contributed by atoms with Crippen molar-refractivity contribution >= 4 is 34.2 Å². The summed E-state index contributed by atoms with van der Waals surface area (Å²) in [6.45, 7) is 10.8. The third-order valence-electron chi connectivity index (χ3n) is 8.02. The molecule has 1 aliphatic rings. The molecule has 0 radical (unpaired) electrons. The summed E-state index contributed by atoms with van der Waals surface area (Å²) in [5.74, 6) is 1.67. The van der Waals surface area contributed by atoms with Crippen LogP contribution in [0.5, 0.6) is 5.75 Å². The predicted molar refractivity (Wildman–Crippen MR) is 191 cm³/mol. The van der Waals surface area contributed by atoms with Gasteiger partial charge >= 0.3 is 0 Å². The lowest BCUT2D eigenvalue weighted by Crippen LogP contribution is -2.29. The Labute approximate surface area is 281 Å². The van der Waals surface area contributed by atoms with Gasteiger partial charge in [-0.25, -0.2) is 4.98 Å². The summed E-state index contributed by atoms with van der Waals surface area (Å²) >= 11 is 0. The number of carbonyl (C=O) groups excluding carboxylic acids is 1. The monoisotopic (exact) mass is 654 g/mol. The summed E-state index contributed by atoms with van der Waals surface area (Å²) in [6, 6.07) is 21.9. The zero-order valence-electron chi connectivity index (χ0n) is 27.7. The van der Waals surface area contributed by atoms with E-state index in [-0.39, 0.29) is 5.91 Å². The van der Waals surface area contributed by atoms with Gasteiger partial charge in [-0.15, -0.1) is 0 Å². The molecule has 1 unspecified atom stereocenters. The molecule has 8 nitrogen and oxygen atoms in total. The van der Waals surface area contributed by atoms with Crippen molar-refractivity contribution in [3.05, 3.63) is 96.6 Å². The van der Waals surface area contributed by atoms with Gasteiger partial charge in [0, 0.05) is 66.2 Å². The summed E-state index contributed by atoms with van der Waals surface area (Å²) in [5, 5.41) is 3.07. The SMILES string of the molecule is CCCCOCCOc1ccc(-c2ccc3c(c2)C=C(C(=O)Nc2ccc(S(=O)CCn4ccnc4)cc2)CCN3CC(C)C)cc1. The van der Waals surface area contributed by atoms with Gasteiger partial charge < -0.3 is 24.3 Å². The van der Waals surface area contributed by atoms with E-state index in [1.54, 1.807) is 12.5 Å². The molecule has 47 heavy (non-hydrogen) atoms. The molecule has 0 saturated heterocycles. The van der Waals surface area contributed by atoms with Gasteiger partial charge in [-0.05, 0) is 90.1 Å². The molecule has 0 bridgehead atoms. The minimum absolute atomic E-state index is 0.123. The normalized spacial score (nSPS) is 13.5. The first-order valence-corrected chi connectivity index (χ1v) is 17.9. The van der Waals surface area contributed by atoms with Crippen LogP contribution in [0.25, 0.3) is 17.2 Å². The van der Waals surface area contributed by atoms with Crippen LogP contribution in [0.2, 0.25) is 0 Å². The molecule has 1 N–H and O–H groups in total. The number of hydrogen-bond acceptors (Lipinski definition) is 6. The molecule has 0 spiro atoms. The van der Waals surface area contributed by atoms with E-state index in [1.165, 1.54) is 0 Å². The molecule has 0 aliphatic carbocycles. The van der Waals surface area contributed by atoms with Gasteiger partial charge in [-0.1, -0.05) is 45.4 Å². The molecule has 3 aromatic carbocycles. The second kappa shape index (κ2) is 17.1. The van der Waals surface area contributed by atoms with Crippen LogP contribution in [0.4, 0.5) is 11.4 Å². The van der Waals surface area contributed by atoms with E-state index in [2.05, 4.69) is 66.3 Å². The molecule has 0 fully saturated rings. The highest BCUT2D eigenvalue weighted by molar-refractivity contribution is 7.85. The maximum Gasteiger partial charge on any atom is 0.251 e. The molecular weight excluding hydrogens is 609 g/mol. The van der Waals surface area contributed by atoms with Crippen LogP contribution in [0.3, 0.4) is 0 Å². The second-order valence-electron chi connectivity index (χ2n) is 12.2. The zero-order valence-corrected chi connectivity index (χ0v) is 28.5. The minimum Gasteiger partial charge on any atom is -0.491 e. The van der Waals surface area contributed by atoms with Crippen molar-refractivity contribution < 1.29 is 18.5 Å². The highest BCUT2D eigenvalue weighted by Gasteiger charge is 2.21. The summed E-state index contributed by atoms with van der Waals surface area (Å²) in [7, 11) is -1.14. The maximum absolute atomic E-state index is 13.6. The molecule has 4 aromatic rings. The number of aryl methyl sites for hydroxylation is 1. The third-order valence-corrected chi connectivity index (χ3v) is 9.37. The number of aromatic nitrogens is 2. The van der Waals surface area contributed by atoms with Crippen LogP contribution in [-0.4, -0.2) is 58.3 Å². The van der Waals surface area contributed by atoms with E-state index in [0.717, 1.165) is 71.1 Å². The van der Waals surface area contributed by atoms with Gasteiger partial charge in [0.25, 0.3) is 5.91 Å². The molecular formula is C38H46N4O4S. The van der Waals surface area contributed by atoms with Crippen LogP contribution in [0, 0.1) is 5.92 Å². The van der Waals surface area contributed by atoms with Gasteiger partial charge in [-0.2, -0.15) is 0 Å². The predicted octanol–water partition coefficient (Wildman–Crippen LogP) is 7.44. The first-order valence-electron chi connectivity index (χ1n) is 16.6. The van der Waals surface area contributed by atoms with Crippen LogP contribution >= 0.6 is 0 Å². The molecule has 248 valence electrons. The molecule has 1 atom stereocenters. The van der Waals surface area contributed by atoms with Crippen LogP contribution < -0.4 is 15.0 Å². The van der Waals surface area contributed by atoms with Gasteiger partial charge in [0.15, 0.2) is 0 Å². The fourth-order valence-electron chi connectivity index (χ4n) is 5.52. The van der Waals surface area contributed by atoms with E-state index in [1.807, 2.05) is 53.2 Å². The van der Waals surface area contributed by atoms with E-state index in [9.17, 15) is 9.00 Å². The number of hydrogen-bond donors (Lipinski definition) is 1. The van der Waals surface area contributed by atoms with Gasteiger partial charge in [0.05, 0.1) is 23.7 Å². The lowest BCUT2D eigenvalue weighted by atomic mass is 10.00. The largest absolute Gasteiger partial charge is 0.491 e. The Kier molecular flexibility index (Phi) is 12.4. The van der Waals surface area contributed by atoms with E-state index in [4.69, 9.17) is 9.47 Å². The maximum atomic E-state index is 13.6. The molecule has 1 aromatic heterocycles. The van der Waals surface area contributed by atoms with Gasteiger partial charge in [0.1, 0.15) is 12.4 Å². The first kappa shape index (κ1) is 34.1. The second-order valence-corrected chi connectivity index (χ2v) is 13.8. The van der Waals surface area contributed by atoms with Crippen LogP contribution in [0.15, 0.2) is 95.9 Å². The van der Waals surface area contributed by atoms with E-state index < -0.39 is 10.8 Å². The number of fused-ring (bicyclic) bond motifs is 1. The van der Waals surface area contributed by atoms with Crippen molar-refractivity contribution in [1.82, 2.24) is 9.55 Å². The quantitative estimate of drug-likeness (QED) is 0.126. The molecule has 2 heterocycles. The fraction of sp³-hybridized carbons (Fsp3) is 0.368. The van der Waals surface area contributed by atoms with Gasteiger partial charge in [0.2, 0.25) is 0 Å². The Morgan fingerprint density at radius 2 is 1.79 bits per heavy atom. The van der Waals surface area contributed by atoms with Crippen LogP contribution in [0.1, 0.15) is 45.6 Å². The number of ether oxygens (including phenoxy) is 2. The topological polar surface area (TPSA) is 85.7 Å². The molecule has 1 aliphatic heterocycles. The Morgan fingerprint density at radius 3 is 2.51 bits per heavy atom. The average molecular weight is 655 g/mol. The lowest BCUT2D eigenvalue weighted by molar-refractivity contribution is -0.112. The van der Waals surface area contributed by atoms with E-state index in [0.29, 0.717) is 43.5 Å². The van der Waals surface area contributed by atoms with Gasteiger partial charge in [-0.3, -0.25) is 9.00 Å². The van der Waals surface area contributed by atoms with Crippen molar-refractivity contribution in [3.8, 4) is 16.9 Å². The van der Waals surface area contributed by atoms with Crippen molar-refractivity contribution in [1.29, 1.82) is 0 Å². The number of nitrogens with zero attached hydrogens (tertiary/aromatic N) is 3. The molecule has 9 heteroatoms. The summed E-state index contributed by atoms with van der Waals surface area (Å²) in [5.41, 5.74) is 5.74. The molecule has 5 rings (SSSR count). The van der Waals surface area contributed by atoms with E-state index >= 15 is 0 Å². The number of imidazole rings is 1. The highest BCUT2D eigenvalue weighted by atomic mass is 32.2.